The fourth-order valence-electron chi connectivity index (χ4n) is 1.67. The number of nitro benzene ring substituents is 1. The molecule has 0 saturated carbocycles. The van der Waals surface area contributed by atoms with Crippen molar-refractivity contribution in [1.82, 2.24) is 0 Å². The number of carbonyl (C=O) groups excluding carboxylic acids is 1. The van der Waals surface area contributed by atoms with Gasteiger partial charge in [0, 0.05) is 11.5 Å². The van der Waals surface area contributed by atoms with Crippen LogP contribution in [0.3, 0.4) is 0 Å². The summed E-state index contributed by atoms with van der Waals surface area (Å²) in [7, 11) is 0. The van der Waals surface area contributed by atoms with Crippen LogP contribution in [0, 0.1) is 38.2 Å². The van der Waals surface area contributed by atoms with Crippen LogP contribution in [0.4, 0.5) is 5.69 Å². The van der Waals surface area contributed by atoms with Crippen molar-refractivity contribution in [2.45, 2.75) is 20.8 Å². The zero-order chi connectivity index (χ0) is 17.1. The topological polar surface area (TPSA) is 128 Å². The molecule has 7 heteroatoms. The summed E-state index contributed by atoms with van der Waals surface area (Å²) < 4.78 is 0. The van der Waals surface area contributed by atoms with Crippen molar-refractivity contribution in [2.24, 2.45) is 5.41 Å². The third kappa shape index (κ3) is 3.28. The number of allylic oxidation sites excluding steroid dienone is 1. The second kappa shape index (κ2) is 6.06. The molecule has 0 aliphatic carbocycles. The van der Waals surface area contributed by atoms with E-state index in [0.717, 1.165) is 12.1 Å². The quantitative estimate of drug-likeness (QED) is 0.300. The molecular weight excluding hydrogens is 286 g/mol. The van der Waals surface area contributed by atoms with Crippen LogP contribution in [0.1, 0.15) is 31.9 Å². The first-order valence-electron chi connectivity index (χ1n) is 6.20. The van der Waals surface area contributed by atoms with Crippen LogP contribution >= 0.6 is 0 Å². The molecule has 1 N–H and O–H groups in total. The molecule has 0 heterocycles. The van der Waals surface area contributed by atoms with E-state index in [1.165, 1.54) is 6.07 Å². The second-order valence-corrected chi connectivity index (χ2v) is 5.52. The van der Waals surface area contributed by atoms with Gasteiger partial charge in [-0.05, 0) is 12.1 Å². The van der Waals surface area contributed by atoms with Gasteiger partial charge in [-0.25, -0.2) is 0 Å². The first-order chi connectivity index (χ1) is 10.1. The Bertz CT molecular complexity index is 758. The number of ketones is 1. The fourth-order valence-corrected chi connectivity index (χ4v) is 1.67. The zero-order valence-corrected chi connectivity index (χ0v) is 12.2. The fraction of sp³-hybridized carbons (Fsp3) is 0.267. The van der Waals surface area contributed by atoms with Crippen molar-refractivity contribution < 1.29 is 14.8 Å². The molecule has 0 spiro atoms. The van der Waals surface area contributed by atoms with Crippen molar-refractivity contribution >= 4 is 17.2 Å². The number of aliphatic hydroxyl groups is 1. The number of carbonyl (C=O) groups is 1. The highest BCUT2D eigenvalue weighted by Crippen LogP contribution is 2.30. The van der Waals surface area contributed by atoms with E-state index in [9.17, 15) is 20.0 Å². The highest BCUT2D eigenvalue weighted by Gasteiger charge is 2.30. The van der Waals surface area contributed by atoms with Crippen LogP contribution < -0.4 is 0 Å². The SMILES string of the molecule is CC(C)(C)C(=O)C(C#N)=C(O)c1ccc(C#N)cc1[N+](=O)[O-]. The molecule has 0 radical (unpaired) electrons. The lowest BCUT2D eigenvalue weighted by atomic mass is 9.85. The molecule has 7 nitrogen and oxygen atoms in total. The third-order valence-electron chi connectivity index (χ3n) is 2.84. The van der Waals surface area contributed by atoms with Crippen LogP contribution in [-0.2, 0) is 4.79 Å². The van der Waals surface area contributed by atoms with Gasteiger partial charge < -0.3 is 5.11 Å². The lowest BCUT2D eigenvalue weighted by Crippen LogP contribution is -2.22. The van der Waals surface area contributed by atoms with Gasteiger partial charge in [0.25, 0.3) is 5.69 Å². The Hall–Kier alpha value is -3.19. The summed E-state index contributed by atoms with van der Waals surface area (Å²) >= 11 is 0. The Morgan fingerprint density at radius 2 is 1.91 bits per heavy atom. The highest BCUT2D eigenvalue weighted by atomic mass is 16.6. The van der Waals surface area contributed by atoms with E-state index in [1.54, 1.807) is 32.9 Å². The minimum Gasteiger partial charge on any atom is -0.506 e. The lowest BCUT2D eigenvalue weighted by molar-refractivity contribution is -0.385. The molecule has 0 aliphatic rings. The van der Waals surface area contributed by atoms with E-state index in [1.807, 2.05) is 0 Å². The number of nitro groups is 1. The predicted octanol–water partition coefficient (Wildman–Crippen LogP) is 2.87. The van der Waals surface area contributed by atoms with Crippen LogP contribution in [0.15, 0.2) is 23.8 Å². The molecule has 0 aromatic heterocycles. The maximum Gasteiger partial charge on any atom is 0.281 e. The monoisotopic (exact) mass is 299 g/mol. The molecule has 1 aromatic rings. The Balaban J connectivity index is 3.63. The average Bonchev–Trinajstić information content (AvgIpc) is 2.45. The van der Waals surface area contributed by atoms with Gasteiger partial charge in [0.05, 0.1) is 22.1 Å². The normalized spacial score (nSPS) is 11.9. The van der Waals surface area contributed by atoms with E-state index >= 15 is 0 Å². The standard InChI is InChI=1S/C15H13N3O4/c1-15(2,3)14(20)11(8-17)13(19)10-5-4-9(7-16)6-12(10)18(21)22/h4-6,19H,1-3H3. The van der Waals surface area contributed by atoms with Gasteiger partial charge in [0.15, 0.2) is 11.5 Å². The summed E-state index contributed by atoms with van der Waals surface area (Å²) in [6.45, 7) is 4.69. The molecule has 0 aliphatic heterocycles. The van der Waals surface area contributed by atoms with E-state index in [0.29, 0.717) is 0 Å². The van der Waals surface area contributed by atoms with Crippen LogP contribution in [0.25, 0.3) is 5.76 Å². The van der Waals surface area contributed by atoms with Crippen LogP contribution in [0.5, 0.6) is 0 Å². The second-order valence-electron chi connectivity index (χ2n) is 5.52. The van der Waals surface area contributed by atoms with Gasteiger partial charge in [0.1, 0.15) is 11.6 Å². The molecular formula is C15H13N3O4. The minimum absolute atomic E-state index is 0.0314. The Morgan fingerprint density at radius 3 is 2.32 bits per heavy atom. The van der Waals surface area contributed by atoms with Gasteiger partial charge in [-0.1, -0.05) is 20.8 Å². The largest absolute Gasteiger partial charge is 0.506 e. The van der Waals surface area contributed by atoms with E-state index in [2.05, 4.69) is 0 Å². The first-order valence-corrected chi connectivity index (χ1v) is 6.20. The molecule has 1 rings (SSSR count). The summed E-state index contributed by atoms with van der Waals surface area (Å²) in [5, 5.41) is 39.1. The number of aliphatic hydroxyl groups excluding tert-OH is 1. The van der Waals surface area contributed by atoms with Gasteiger partial charge in [0.2, 0.25) is 0 Å². The molecule has 0 fully saturated rings. The van der Waals surface area contributed by atoms with E-state index in [4.69, 9.17) is 10.5 Å². The van der Waals surface area contributed by atoms with Crippen LogP contribution in [0.2, 0.25) is 0 Å². The number of rotatable bonds is 3. The van der Waals surface area contributed by atoms with Gasteiger partial charge in [-0.3, -0.25) is 14.9 Å². The molecule has 22 heavy (non-hydrogen) atoms. The lowest BCUT2D eigenvalue weighted by Gasteiger charge is -2.16. The maximum absolute atomic E-state index is 12.2. The summed E-state index contributed by atoms with van der Waals surface area (Å²) in [6, 6.07) is 6.71. The number of benzene rings is 1. The van der Waals surface area contributed by atoms with Crippen molar-refractivity contribution in [3.8, 4) is 12.1 Å². The van der Waals surface area contributed by atoms with Crippen molar-refractivity contribution in [2.75, 3.05) is 0 Å². The molecule has 1 aromatic carbocycles. The van der Waals surface area contributed by atoms with Crippen LogP contribution in [-0.4, -0.2) is 15.8 Å². The molecule has 0 atom stereocenters. The zero-order valence-electron chi connectivity index (χ0n) is 12.2. The molecule has 0 amide bonds. The number of hydrogen-bond acceptors (Lipinski definition) is 6. The van der Waals surface area contributed by atoms with Crippen molar-refractivity contribution in [1.29, 1.82) is 10.5 Å². The molecule has 0 unspecified atom stereocenters. The Morgan fingerprint density at radius 1 is 1.32 bits per heavy atom. The Labute approximate surface area is 126 Å². The number of hydrogen-bond donors (Lipinski definition) is 1. The summed E-state index contributed by atoms with van der Waals surface area (Å²) in [6.07, 6.45) is 0. The van der Waals surface area contributed by atoms with Gasteiger partial charge >= 0.3 is 0 Å². The summed E-state index contributed by atoms with van der Waals surface area (Å²) in [5.41, 5.74) is -2.28. The number of nitriles is 2. The highest BCUT2D eigenvalue weighted by molar-refractivity contribution is 6.08. The maximum atomic E-state index is 12.2. The van der Waals surface area contributed by atoms with E-state index in [-0.39, 0.29) is 11.1 Å². The molecule has 0 bridgehead atoms. The van der Waals surface area contributed by atoms with Crippen molar-refractivity contribution in [3.05, 3.63) is 45.0 Å². The number of nitrogens with zero attached hydrogens (tertiary/aromatic N) is 3. The molecule has 0 saturated heterocycles. The summed E-state index contributed by atoms with van der Waals surface area (Å²) in [5.74, 6) is -1.40. The van der Waals surface area contributed by atoms with Gasteiger partial charge in [-0.2, -0.15) is 10.5 Å². The summed E-state index contributed by atoms with van der Waals surface area (Å²) in [4.78, 5) is 22.4. The molecule has 112 valence electrons. The number of Topliss-reactive ketones (excluding diaryl/α,β-unsaturated/α-hetero) is 1. The predicted molar refractivity (Wildman–Crippen MR) is 77.4 cm³/mol. The van der Waals surface area contributed by atoms with E-state index < -0.39 is 33.1 Å². The minimum atomic E-state index is -0.930. The average molecular weight is 299 g/mol. The smallest absolute Gasteiger partial charge is 0.281 e. The van der Waals surface area contributed by atoms with Gasteiger partial charge in [-0.15, -0.1) is 0 Å². The van der Waals surface area contributed by atoms with Crippen molar-refractivity contribution in [3.63, 3.8) is 0 Å². The third-order valence-corrected chi connectivity index (χ3v) is 2.84. The first kappa shape index (κ1) is 16.9. The Kier molecular flexibility index (Phi) is 4.65.